The first-order chi connectivity index (χ1) is 12.3. The molecule has 0 saturated heterocycles. The average molecular weight is 403 g/mol. The van der Waals surface area contributed by atoms with Crippen molar-refractivity contribution < 1.29 is 17.6 Å². The van der Waals surface area contributed by atoms with Gasteiger partial charge in [-0.1, -0.05) is 20.3 Å². The van der Waals surface area contributed by atoms with Crippen molar-refractivity contribution in [2.75, 3.05) is 19.3 Å². The number of carbonyl (C=O) groups excluding carboxylic acids is 1. The van der Waals surface area contributed by atoms with Crippen LogP contribution in [0.1, 0.15) is 49.9 Å². The van der Waals surface area contributed by atoms with Crippen molar-refractivity contribution in [1.29, 1.82) is 0 Å². The summed E-state index contributed by atoms with van der Waals surface area (Å²) in [5, 5.41) is 3.50. The van der Waals surface area contributed by atoms with Gasteiger partial charge in [0.15, 0.2) is 0 Å². The second kappa shape index (κ2) is 9.19. The maximum Gasteiger partial charge on any atom is 0.251 e. The fourth-order valence-corrected chi connectivity index (χ4v) is 5.68. The molecule has 0 spiro atoms. The molecule has 5 nitrogen and oxygen atoms in total. The van der Waals surface area contributed by atoms with E-state index < -0.39 is 20.7 Å². The number of hydrogen-bond donors (Lipinski definition) is 1. The van der Waals surface area contributed by atoms with Crippen LogP contribution < -0.4 is 5.32 Å². The van der Waals surface area contributed by atoms with E-state index in [0.717, 1.165) is 37.8 Å². The summed E-state index contributed by atoms with van der Waals surface area (Å²) in [6.45, 7) is 3.88. The lowest BCUT2D eigenvalue weighted by atomic mass is 9.94. The monoisotopic (exact) mass is 402 g/mol. The molecule has 26 heavy (non-hydrogen) atoms. The van der Waals surface area contributed by atoms with E-state index in [4.69, 9.17) is 0 Å². The predicted octanol–water partition coefficient (Wildman–Crippen LogP) is 3.26. The zero-order valence-electron chi connectivity index (χ0n) is 15.5. The Labute approximate surface area is 159 Å². The van der Waals surface area contributed by atoms with Gasteiger partial charge < -0.3 is 5.32 Å². The summed E-state index contributed by atoms with van der Waals surface area (Å²) in [6.07, 6.45) is 6.09. The van der Waals surface area contributed by atoms with Crippen LogP contribution in [0.5, 0.6) is 0 Å². The van der Waals surface area contributed by atoms with E-state index in [1.54, 1.807) is 25.6 Å². The van der Waals surface area contributed by atoms with E-state index in [9.17, 15) is 17.6 Å². The van der Waals surface area contributed by atoms with Gasteiger partial charge in [-0.15, -0.1) is 0 Å². The molecule has 8 heteroatoms. The highest BCUT2D eigenvalue weighted by Crippen LogP contribution is 2.27. The van der Waals surface area contributed by atoms with Crippen LogP contribution >= 0.6 is 11.8 Å². The molecule has 1 N–H and O–H groups in total. The van der Waals surface area contributed by atoms with Crippen molar-refractivity contribution in [2.45, 2.75) is 55.7 Å². The van der Waals surface area contributed by atoms with Crippen LogP contribution in [0.25, 0.3) is 0 Å². The van der Waals surface area contributed by atoms with Crippen molar-refractivity contribution >= 4 is 27.7 Å². The summed E-state index contributed by atoms with van der Waals surface area (Å²) >= 11 is 1.80. The van der Waals surface area contributed by atoms with Crippen LogP contribution in [0.4, 0.5) is 4.39 Å². The predicted molar refractivity (Wildman–Crippen MR) is 104 cm³/mol. The molecule has 0 bridgehead atoms. The Morgan fingerprint density at radius 2 is 2.00 bits per heavy atom. The number of sulfonamides is 1. The molecule has 0 aliphatic heterocycles. The Kier molecular flexibility index (Phi) is 7.49. The van der Waals surface area contributed by atoms with Gasteiger partial charge in [-0.2, -0.15) is 16.1 Å². The van der Waals surface area contributed by atoms with Gasteiger partial charge in [0.25, 0.3) is 5.91 Å². The minimum Gasteiger partial charge on any atom is -0.349 e. The summed E-state index contributed by atoms with van der Waals surface area (Å²) in [5.41, 5.74) is 0.170. The maximum absolute atomic E-state index is 14.2. The summed E-state index contributed by atoms with van der Waals surface area (Å²) in [4.78, 5) is 12.1. The topological polar surface area (TPSA) is 66.5 Å². The fraction of sp³-hybridized carbons (Fsp3) is 0.611. The minimum atomic E-state index is -3.96. The number of nitrogens with one attached hydrogen (secondary N) is 1. The molecule has 1 aromatic rings. The number of benzene rings is 1. The van der Waals surface area contributed by atoms with Crippen LogP contribution in [0.2, 0.25) is 0 Å². The molecule has 146 valence electrons. The first-order valence-electron chi connectivity index (χ1n) is 8.96. The normalized spacial score (nSPS) is 21.0. The Hall–Kier alpha value is -1.12. The largest absolute Gasteiger partial charge is 0.349 e. The van der Waals surface area contributed by atoms with Gasteiger partial charge in [0.05, 0.1) is 0 Å². The number of halogens is 1. The van der Waals surface area contributed by atoms with E-state index in [1.807, 2.05) is 0 Å². The summed E-state index contributed by atoms with van der Waals surface area (Å²) < 4.78 is 40.6. The quantitative estimate of drug-likeness (QED) is 0.760. The van der Waals surface area contributed by atoms with E-state index >= 15 is 0 Å². The zero-order chi connectivity index (χ0) is 19.3. The molecule has 1 aromatic carbocycles. The van der Waals surface area contributed by atoms with Crippen molar-refractivity contribution in [2.24, 2.45) is 0 Å². The number of rotatable bonds is 7. The average Bonchev–Trinajstić information content (AvgIpc) is 2.62. The third-order valence-electron chi connectivity index (χ3n) is 4.81. The van der Waals surface area contributed by atoms with E-state index in [0.29, 0.717) is 5.25 Å². The Morgan fingerprint density at radius 3 is 2.62 bits per heavy atom. The third kappa shape index (κ3) is 4.78. The standard InChI is InChI=1S/C18H27FN2O3S2/c1-4-21(5-2)26(23,24)17-11-13(9-10-16(17)19)18(22)20-14-7-6-8-15(12-14)25-3/h9-11,14-15H,4-8,12H2,1-3H3,(H,20,22). The molecule has 2 atom stereocenters. The van der Waals surface area contributed by atoms with Gasteiger partial charge in [0, 0.05) is 29.9 Å². The first kappa shape index (κ1) is 21.2. The van der Waals surface area contributed by atoms with E-state index in [1.165, 1.54) is 10.4 Å². The number of hydrogen-bond acceptors (Lipinski definition) is 4. The highest BCUT2D eigenvalue weighted by Gasteiger charge is 2.27. The fourth-order valence-electron chi connectivity index (χ4n) is 3.30. The summed E-state index contributed by atoms with van der Waals surface area (Å²) in [6, 6.07) is 3.60. The second-order valence-electron chi connectivity index (χ2n) is 6.43. The van der Waals surface area contributed by atoms with Crippen molar-refractivity contribution in [3.8, 4) is 0 Å². The van der Waals surface area contributed by atoms with E-state index in [2.05, 4.69) is 11.6 Å². The molecular weight excluding hydrogens is 375 g/mol. The maximum atomic E-state index is 14.2. The number of nitrogens with zero attached hydrogens (tertiary/aromatic N) is 1. The molecule has 1 aliphatic rings. The van der Waals surface area contributed by atoms with Crippen LogP contribution in [0, 0.1) is 5.82 Å². The highest BCUT2D eigenvalue weighted by atomic mass is 32.2. The molecule has 0 radical (unpaired) electrons. The molecule has 1 fully saturated rings. The van der Waals surface area contributed by atoms with Crippen LogP contribution in [-0.4, -0.2) is 49.3 Å². The lowest BCUT2D eigenvalue weighted by Gasteiger charge is -2.28. The molecule has 0 aromatic heterocycles. The lowest BCUT2D eigenvalue weighted by Crippen LogP contribution is -2.39. The smallest absolute Gasteiger partial charge is 0.251 e. The second-order valence-corrected chi connectivity index (χ2v) is 9.47. The van der Waals surface area contributed by atoms with E-state index in [-0.39, 0.29) is 30.6 Å². The number of amides is 1. The first-order valence-corrected chi connectivity index (χ1v) is 11.7. The Balaban J connectivity index is 2.22. The van der Waals surface area contributed by atoms with Crippen LogP contribution in [0.15, 0.2) is 23.1 Å². The molecule has 1 saturated carbocycles. The minimum absolute atomic E-state index is 0.0709. The molecule has 1 amide bonds. The summed E-state index contributed by atoms with van der Waals surface area (Å²) in [7, 11) is -3.96. The van der Waals surface area contributed by atoms with Crippen LogP contribution in [-0.2, 0) is 10.0 Å². The summed E-state index contributed by atoms with van der Waals surface area (Å²) in [5.74, 6) is -1.19. The molecule has 0 heterocycles. The van der Waals surface area contributed by atoms with Gasteiger partial charge >= 0.3 is 0 Å². The third-order valence-corrected chi connectivity index (χ3v) is 7.97. The SMILES string of the molecule is CCN(CC)S(=O)(=O)c1cc(C(=O)NC2CCCC(SC)C2)ccc1F. The van der Waals surface area contributed by atoms with Gasteiger partial charge in [-0.3, -0.25) is 4.79 Å². The number of thioether (sulfide) groups is 1. The zero-order valence-corrected chi connectivity index (χ0v) is 17.1. The Morgan fingerprint density at radius 1 is 1.31 bits per heavy atom. The highest BCUT2D eigenvalue weighted by molar-refractivity contribution is 7.99. The molecule has 2 rings (SSSR count). The van der Waals surface area contributed by atoms with Gasteiger partial charge in [-0.25, -0.2) is 12.8 Å². The Bertz CT molecular complexity index is 736. The molecular formula is C18H27FN2O3S2. The lowest BCUT2D eigenvalue weighted by molar-refractivity contribution is 0.0928. The molecule has 1 aliphatic carbocycles. The number of carbonyl (C=O) groups is 1. The van der Waals surface area contributed by atoms with Crippen molar-refractivity contribution in [3.05, 3.63) is 29.6 Å². The van der Waals surface area contributed by atoms with Crippen molar-refractivity contribution in [1.82, 2.24) is 9.62 Å². The van der Waals surface area contributed by atoms with Gasteiger partial charge in [0.2, 0.25) is 10.0 Å². The molecule has 2 unspecified atom stereocenters. The van der Waals surface area contributed by atoms with Gasteiger partial charge in [-0.05, 0) is 43.7 Å². The van der Waals surface area contributed by atoms with Gasteiger partial charge in [0.1, 0.15) is 10.7 Å². The van der Waals surface area contributed by atoms with Crippen LogP contribution in [0.3, 0.4) is 0 Å². The van der Waals surface area contributed by atoms with Crippen molar-refractivity contribution in [3.63, 3.8) is 0 Å².